The zero-order valence-electron chi connectivity index (χ0n) is 10.9. The largest absolute Gasteiger partial charge is 0.334 e. The van der Waals surface area contributed by atoms with Crippen LogP contribution < -0.4 is 5.32 Å². The molecule has 2 rings (SSSR count). The van der Waals surface area contributed by atoms with Gasteiger partial charge in [-0.1, -0.05) is 29.8 Å². The summed E-state index contributed by atoms with van der Waals surface area (Å²) in [6, 6.07) is 10.0. The van der Waals surface area contributed by atoms with E-state index < -0.39 is 21.0 Å². The van der Waals surface area contributed by atoms with Crippen LogP contribution in [0.3, 0.4) is 0 Å². The minimum Gasteiger partial charge on any atom is -0.321 e. The summed E-state index contributed by atoms with van der Waals surface area (Å²) in [7, 11) is -4.92. The third-order valence-corrected chi connectivity index (χ3v) is 3.96. The van der Waals surface area contributed by atoms with Crippen molar-refractivity contribution in [2.75, 3.05) is 5.32 Å². The van der Waals surface area contributed by atoms with E-state index in [9.17, 15) is 17.1 Å². The van der Waals surface area contributed by atoms with Crippen molar-refractivity contribution in [3.05, 3.63) is 58.6 Å². The van der Waals surface area contributed by atoms with Crippen LogP contribution in [0.15, 0.2) is 47.4 Å². The smallest absolute Gasteiger partial charge is 0.321 e. The van der Waals surface area contributed by atoms with Gasteiger partial charge in [-0.25, -0.2) is 0 Å². The van der Waals surface area contributed by atoms with Gasteiger partial charge >= 0.3 is 10.2 Å². The number of aryl methyl sites for hydroxylation is 1. The number of rotatable bonds is 3. The van der Waals surface area contributed by atoms with Gasteiger partial charge in [0.25, 0.3) is 5.91 Å². The molecule has 21 heavy (non-hydrogen) atoms. The molecule has 110 valence electrons. The molecular weight excluding hydrogens is 317 g/mol. The number of anilines is 1. The number of carbonyl (C=O) groups excluding carboxylic acids is 1. The molecule has 0 unspecified atom stereocenters. The Kier molecular flexibility index (Phi) is 4.29. The van der Waals surface area contributed by atoms with Crippen LogP contribution in [-0.2, 0) is 10.2 Å². The van der Waals surface area contributed by atoms with Gasteiger partial charge in [-0.3, -0.25) is 4.79 Å². The van der Waals surface area contributed by atoms with Crippen LogP contribution in [0.5, 0.6) is 0 Å². The highest BCUT2D eigenvalue weighted by atomic mass is 35.5. The maximum Gasteiger partial charge on any atom is 0.334 e. The monoisotopic (exact) mass is 327 g/mol. The fraction of sp³-hybridized carbons (Fsp3) is 0.0714. The lowest BCUT2D eigenvalue weighted by Crippen LogP contribution is -2.15. The molecule has 0 radical (unpaired) electrons. The Hall–Kier alpha value is -1.92. The van der Waals surface area contributed by atoms with Gasteiger partial charge in [0.2, 0.25) is 0 Å². The van der Waals surface area contributed by atoms with Crippen molar-refractivity contribution in [3.8, 4) is 0 Å². The van der Waals surface area contributed by atoms with Crippen LogP contribution in [0.1, 0.15) is 15.9 Å². The van der Waals surface area contributed by atoms with Crippen molar-refractivity contribution < 1.29 is 17.1 Å². The molecule has 0 aliphatic rings. The van der Waals surface area contributed by atoms with Gasteiger partial charge in [0.15, 0.2) is 0 Å². The molecule has 4 nitrogen and oxygen atoms in total. The van der Waals surface area contributed by atoms with Crippen LogP contribution in [0.4, 0.5) is 9.57 Å². The molecule has 1 amide bonds. The van der Waals surface area contributed by atoms with Gasteiger partial charge in [-0.05, 0) is 36.8 Å². The van der Waals surface area contributed by atoms with Gasteiger partial charge in [-0.15, -0.1) is 3.89 Å². The lowest BCUT2D eigenvalue weighted by Gasteiger charge is -2.10. The molecule has 0 saturated heterocycles. The average molecular weight is 328 g/mol. The SMILES string of the molecule is Cc1ccc(Cl)cc1C(=O)Nc1ccccc1S(=O)(=O)F. The fourth-order valence-electron chi connectivity index (χ4n) is 1.81. The molecule has 0 bridgehead atoms. The summed E-state index contributed by atoms with van der Waals surface area (Å²) in [6.07, 6.45) is 0. The Morgan fingerprint density at radius 2 is 1.86 bits per heavy atom. The van der Waals surface area contributed by atoms with E-state index in [1.54, 1.807) is 19.1 Å². The Bertz CT molecular complexity index is 806. The first kappa shape index (κ1) is 15.5. The van der Waals surface area contributed by atoms with Crippen LogP contribution in [0, 0.1) is 6.92 Å². The summed E-state index contributed by atoms with van der Waals surface area (Å²) in [5.74, 6) is -0.564. The van der Waals surface area contributed by atoms with Crippen LogP contribution in [-0.4, -0.2) is 14.3 Å². The molecule has 0 aromatic heterocycles. The standard InChI is InChI=1S/C14H11ClFNO3S/c1-9-6-7-10(15)8-11(9)14(18)17-12-4-2-3-5-13(12)21(16,19)20/h2-8H,1H3,(H,17,18). The molecule has 0 spiro atoms. The fourth-order valence-corrected chi connectivity index (χ4v) is 2.61. The van der Waals surface area contributed by atoms with Crippen molar-refractivity contribution in [1.82, 2.24) is 0 Å². The number of benzene rings is 2. The van der Waals surface area contributed by atoms with Crippen molar-refractivity contribution in [1.29, 1.82) is 0 Å². The van der Waals surface area contributed by atoms with E-state index in [1.165, 1.54) is 24.3 Å². The van der Waals surface area contributed by atoms with Crippen LogP contribution >= 0.6 is 11.6 Å². The Morgan fingerprint density at radius 1 is 1.19 bits per heavy atom. The van der Waals surface area contributed by atoms with Crippen LogP contribution in [0.2, 0.25) is 5.02 Å². The molecular formula is C14H11ClFNO3S. The third kappa shape index (κ3) is 3.59. The molecule has 0 aliphatic heterocycles. The second-order valence-electron chi connectivity index (χ2n) is 4.35. The van der Waals surface area contributed by atoms with Crippen molar-refractivity contribution in [3.63, 3.8) is 0 Å². The number of hydrogen-bond acceptors (Lipinski definition) is 3. The zero-order valence-corrected chi connectivity index (χ0v) is 12.5. The van der Waals surface area contributed by atoms with E-state index in [1.807, 2.05) is 0 Å². The molecule has 2 aromatic rings. The molecule has 7 heteroatoms. The summed E-state index contributed by atoms with van der Waals surface area (Å²) >= 11 is 5.83. The van der Waals surface area contributed by atoms with E-state index in [-0.39, 0.29) is 11.3 Å². The first-order chi connectivity index (χ1) is 9.79. The first-order valence-electron chi connectivity index (χ1n) is 5.90. The molecule has 0 fully saturated rings. The topological polar surface area (TPSA) is 63.2 Å². The highest BCUT2D eigenvalue weighted by molar-refractivity contribution is 7.86. The molecule has 0 heterocycles. The number of carbonyl (C=O) groups is 1. The van der Waals surface area contributed by atoms with E-state index in [0.29, 0.717) is 10.6 Å². The average Bonchev–Trinajstić information content (AvgIpc) is 2.41. The second-order valence-corrected chi connectivity index (χ2v) is 6.10. The maximum atomic E-state index is 13.2. The molecule has 1 N–H and O–H groups in total. The minimum atomic E-state index is -4.92. The summed E-state index contributed by atoms with van der Waals surface area (Å²) in [5.41, 5.74) is 0.829. The Labute approximate surface area is 126 Å². The van der Waals surface area contributed by atoms with E-state index in [4.69, 9.17) is 11.6 Å². The van der Waals surface area contributed by atoms with E-state index in [0.717, 1.165) is 6.07 Å². The number of nitrogens with one attached hydrogen (secondary N) is 1. The number of amides is 1. The second kappa shape index (κ2) is 5.83. The Balaban J connectivity index is 2.39. The molecule has 0 saturated carbocycles. The van der Waals surface area contributed by atoms with Crippen molar-refractivity contribution in [2.45, 2.75) is 11.8 Å². The quantitative estimate of drug-likeness (QED) is 0.877. The lowest BCUT2D eigenvalue weighted by atomic mass is 10.1. The van der Waals surface area contributed by atoms with Crippen LogP contribution in [0.25, 0.3) is 0 Å². The van der Waals surface area contributed by atoms with Gasteiger partial charge in [0, 0.05) is 10.6 Å². The molecule has 0 atom stereocenters. The van der Waals surface area contributed by atoms with Crippen molar-refractivity contribution >= 4 is 33.4 Å². The summed E-state index contributed by atoms with van der Waals surface area (Å²) in [6.45, 7) is 1.71. The highest BCUT2D eigenvalue weighted by Crippen LogP contribution is 2.24. The number of hydrogen-bond donors (Lipinski definition) is 1. The third-order valence-electron chi connectivity index (χ3n) is 2.84. The predicted octanol–water partition coefficient (Wildman–Crippen LogP) is 3.56. The van der Waals surface area contributed by atoms with Gasteiger partial charge < -0.3 is 5.32 Å². The van der Waals surface area contributed by atoms with Gasteiger partial charge in [-0.2, -0.15) is 8.42 Å². The van der Waals surface area contributed by atoms with Crippen molar-refractivity contribution in [2.24, 2.45) is 0 Å². The lowest BCUT2D eigenvalue weighted by molar-refractivity contribution is 0.102. The van der Waals surface area contributed by atoms with E-state index >= 15 is 0 Å². The van der Waals surface area contributed by atoms with Gasteiger partial charge in [0.05, 0.1) is 5.69 Å². The number of halogens is 2. The summed E-state index contributed by atoms with van der Waals surface area (Å²) in [5, 5.41) is 2.76. The zero-order chi connectivity index (χ0) is 15.6. The molecule has 0 aliphatic carbocycles. The minimum absolute atomic E-state index is 0.121. The highest BCUT2D eigenvalue weighted by Gasteiger charge is 2.19. The molecule has 2 aromatic carbocycles. The summed E-state index contributed by atoms with van der Waals surface area (Å²) < 4.78 is 35.3. The number of para-hydroxylation sites is 1. The normalized spacial score (nSPS) is 11.2. The predicted molar refractivity (Wildman–Crippen MR) is 78.9 cm³/mol. The summed E-state index contributed by atoms with van der Waals surface area (Å²) in [4.78, 5) is 11.6. The first-order valence-corrected chi connectivity index (χ1v) is 7.66. The maximum absolute atomic E-state index is 13.2. The Morgan fingerprint density at radius 3 is 2.52 bits per heavy atom. The van der Waals surface area contributed by atoms with E-state index in [2.05, 4.69) is 5.32 Å². The van der Waals surface area contributed by atoms with Gasteiger partial charge in [0.1, 0.15) is 4.90 Å².